The largest absolute Gasteiger partial charge is 0.465 e. The van der Waals surface area contributed by atoms with E-state index in [4.69, 9.17) is 4.74 Å². The average molecular weight is 473 g/mol. The molecule has 4 aromatic rings. The number of carbonyl (C=O) groups excluding carboxylic acids is 1. The van der Waals surface area contributed by atoms with Crippen molar-refractivity contribution in [3.63, 3.8) is 0 Å². The number of thioether (sulfide) groups is 1. The Morgan fingerprint density at radius 2 is 1.74 bits per heavy atom. The molecule has 0 saturated carbocycles. The first-order chi connectivity index (χ1) is 16.4. The Balaban J connectivity index is 1.74. The highest BCUT2D eigenvalue weighted by Crippen LogP contribution is 2.31. The van der Waals surface area contributed by atoms with Crippen molar-refractivity contribution in [1.82, 2.24) is 4.57 Å². The van der Waals surface area contributed by atoms with E-state index in [1.807, 2.05) is 63.4 Å². The number of nitrogens with one attached hydrogen (secondary N) is 1. The maximum atomic E-state index is 13.3. The van der Waals surface area contributed by atoms with E-state index in [1.165, 1.54) is 12.7 Å². The minimum atomic E-state index is -0.391. The summed E-state index contributed by atoms with van der Waals surface area (Å²) in [6.45, 7) is 4.03. The summed E-state index contributed by atoms with van der Waals surface area (Å²) in [6.07, 6.45) is 0. The van der Waals surface area contributed by atoms with E-state index in [1.54, 1.807) is 22.4 Å². The molecule has 5 nitrogen and oxygen atoms in total. The number of benzene rings is 3. The molecular formula is C28H28N2O3S. The third-order valence-corrected chi connectivity index (χ3v) is 7.06. The lowest BCUT2D eigenvalue weighted by Crippen LogP contribution is -2.20. The summed E-state index contributed by atoms with van der Waals surface area (Å²) >= 11 is 1.65. The van der Waals surface area contributed by atoms with Gasteiger partial charge in [-0.3, -0.25) is 4.79 Å². The van der Waals surface area contributed by atoms with Crippen LogP contribution in [-0.4, -0.2) is 17.6 Å². The molecule has 0 radical (unpaired) electrons. The van der Waals surface area contributed by atoms with Crippen LogP contribution in [0.2, 0.25) is 0 Å². The third kappa shape index (κ3) is 4.87. The number of ether oxygens (including phenoxy) is 1. The average Bonchev–Trinajstić information content (AvgIpc) is 2.85. The van der Waals surface area contributed by atoms with Gasteiger partial charge < -0.3 is 14.6 Å². The smallest absolute Gasteiger partial charge is 0.339 e. The highest BCUT2D eigenvalue weighted by atomic mass is 32.2. The van der Waals surface area contributed by atoms with Crippen molar-refractivity contribution < 1.29 is 9.53 Å². The molecular weight excluding hydrogens is 444 g/mol. The number of carbonyl (C=O) groups is 1. The molecule has 0 aliphatic carbocycles. The Hall–Kier alpha value is -3.51. The van der Waals surface area contributed by atoms with Crippen LogP contribution in [0.4, 0.5) is 5.69 Å². The topological polar surface area (TPSA) is 60.3 Å². The number of methoxy groups -OCH3 is 1. The number of rotatable bonds is 7. The van der Waals surface area contributed by atoms with Gasteiger partial charge >= 0.3 is 5.97 Å². The van der Waals surface area contributed by atoms with E-state index in [2.05, 4.69) is 29.6 Å². The van der Waals surface area contributed by atoms with Crippen LogP contribution in [-0.2, 0) is 17.5 Å². The van der Waals surface area contributed by atoms with Gasteiger partial charge in [0.05, 0.1) is 17.7 Å². The lowest BCUT2D eigenvalue weighted by Gasteiger charge is -2.21. The zero-order valence-corrected chi connectivity index (χ0v) is 20.6. The van der Waals surface area contributed by atoms with Crippen LogP contribution in [0.3, 0.4) is 0 Å². The number of hydrogen-bond acceptors (Lipinski definition) is 5. The minimum absolute atomic E-state index is 0.0137. The van der Waals surface area contributed by atoms with Crippen molar-refractivity contribution in [3.05, 3.63) is 105 Å². The number of pyridine rings is 1. The molecule has 0 spiro atoms. The summed E-state index contributed by atoms with van der Waals surface area (Å²) in [4.78, 5) is 25.5. The maximum absolute atomic E-state index is 13.3. The van der Waals surface area contributed by atoms with Gasteiger partial charge in [0.15, 0.2) is 0 Å². The highest BCUT2D eigenvalue weighted by molar-refractivity contribution is 7.98. The zero-order chi connectivity index (χ0) is 24.2. The number of hydrogen-bond donors (Lipinski definition) is 1. The molecule has 174 valence electrons. The number of fused-ring (bicyclic) bond motifs is 1. The second-order valence-electron chi connectivity index (χ2n) is 8.34. The number of esters is 1. The molecule has 0 amide bonds. The molecule has 6 heteroatoms. The van der Waals surface area contributed by atoms with Gasteiger partial charge in [-0.05, 0) is 60.2 Å². The van der Waals surface area contributed by atoms with Crippen LogP contribution >= 0.6 is 11.8 Å². The molecule has 0 bridgehead atoms. The molecule has 1 heterocycles. The first-order valence-electron chi connectivity index (χ1n) is 11.1. The Labute approximate surface area is 203 Å². The lowest BCUT2D eigenvalue weighted by molar-refractivity contribution is 0.0602. The Kier molecular flexibility index (Phi) is 7.08. The molecule has 34 heavy (non-hydrogen) atoms. The van der Waals surface area contributed by atoms with Crippen molar-refractivity contribution >= 4 is 34.2 Å². The van der Waals surface area contributed by atoms with Gasteiger partial charge in [0.1, 0.15) is 0 Å². The predicted molar refractivity (Wildman–Crippen MR) is 140 cm³/mol. The lowest BCUT2D eigenvalue weighted by atomic mass is 9.97. The summed E-state index contributed by atoms with van der Waals surface area (Å²) in [7, 11) is 3.20. The number of nitrogens with zero attached hydrogens (tertiary/aromatic N) is 1. The van der Waals surface area contributed by atoms with Gasteiger partial charge in [0.25, 0.3) is 5.56 Å². The summed E-state index contributed by atoms with van der Waals surface area (Å²) in [5.74, 6) is 0.388. The Morgan fingerprint density at radius 1 is 1.03 bits per heavy atom. The molecule has 0 fully saturated rings. The van der Waals surface area contributed by atoms with Crippen molar-refractivity contribution in [3.8, 4) is 0 Å². The third-order valence-electron chi connectivity index (χ3n) is 5.89. The molecule has 1 aromatic heterocycles. The standard InChI is InChI=1S/C28H28N2O3S/c1-18-14-22(19(2)29-25-13-9-8-12-21(25)28(32)33-4)23-16-26(30(3)27(31)24(23)15-18)34-17-20-10-6-5-7-11-20/h5-16,19,29H,17H2,1-4H3/t19-/m1/s1. The van der Waals surface area contributed by atoms with Crippen molar-refractivity contribution in [2.75, 3.05) is 12.4 Å². The summed E-state index contributed by atoms with van der Waals surface area (Å²) in [5.41, 5.74) is 4.38. The van der Waals surface area contributed by atoms with E-state index in [0.29, 0.717) is 16.6 Å². The van der Waals surface area contributed by atoms with E-state index < -0.39 is 5.97 Å². The van der Waals surface area contributed by atoms with Crippen LogP contribution < -0.4 is 10.9 Å². The zero-order valence-electron chi connectivity index (χ0n) is 19.8. The van der Waals surface area contributed by atoms with E-state index in [9.17, 15) is 9.59 Å². The molecule has 4 rings (SSSR count). The van der Waals surface area contributed by atoms with Crippen LogP contribution in [0, 0.1) is 6.92 Å². The van der Waals surface area contributed by atoms with E-state index in [-0.39, 0.29) is 11.6 Å². The van der Waals surface area contributed by atoms with Gasteiger partial charge in [-0.2, -0.15) is 0 Å². The molecule has 0 unspecified atom stereocenters. The maximum Gasteiger partial charge on any atom is 0.339 e. The molecule has 3 aromatic carbocycles. The van der Waals surface area contributed by atoms with Gasteiger partial charge in [-0.15, -0.1) is 11.8 Å². The van der Waals surface area contributed by atoms with Crippen LogP contribution in [0.25, 0.3) is 10.8 Å². The molecule has 0 aliphatic heterocycles. The SMILES string of the molecule is COC(=O)c1ccccc1N[C@H](C)c1cc(C)cc2c(=O)n(C)c(SCc3ccccc3)cc12. The number of aromatic nitrogens is 1. The number of anilines is 1. The first kappa shape index (κ1) is 23.6. The van der Waals surface area contributed by atoms with Crippen LogP contribution in [0.1, 0.15) is 40.0 Å². The molecule has 1 atom stereocenters. The second-order valence-corrected chi connectivity index (χ2v) is 9.34. The first-order valence-corrected chi connectivity index (χ1v) is 12.1. The number of para-hydroxylation sites is 1. The minimum Gasteiger partial charge on any atom is -0.465 e. The predicted octanol–water partition coefficient (Wildman–Crippen LogP) is 6.10. The molecule has 0 aliphatic rings. The van der Waals surface area contributed by atoms with E-state index >= 15 is 0 Å². The van der Waals surface area contributed by atoms with Crippen LogP contribution in [0.15, 0.2) is 82.6 Å². The molecule has 1 N–H and O–H groups in total. The van der Waals surface area contributed by atoms with Crippen molar-refractivity contribution in [2.24, 2.45) is 7.05 Å². The van der Waals surface area contributed by atoms with Crippen molar-refractivity contribution in [1.29, 1.82) is 0 Å². The summed E-state index contributed by atoms with van der Waals surface area (Å²) in [6, 6.07) is 23.5. The number of aryl methyl sites for hydroxylation is 1. The Bertz CT molecular complexity index is 1400. The quantitative estimate of drug-likeness (QED) is 0.260. The second kappa shape index (κ2) is 10.2. The normalized spacial score (nSPS) is 11.9. The fraction of sp³-hybridized carbons (Fsp3) is 0.214. The molecule has 0 saturated heterocycles. The fourth-order valence-electron chi connectivity index (χ4n) is 4.10. The summed E-state index contributed by atoms with van der Waals surface area (Å²) in [5, 5.41) is 5.97. The van der Waals surface area contributed by atoms with Gasteiger partial charge in [-0.1, -0.05) is 48.5 Å². The van der Waals surface area contributed by atoms with Crippen molar-refractivity contribution in [2.45, 2.75) is 30.7 Å². The van der Waals surface area contributed by atoms with Gasteiger partial charge in [-0.25, -0.2) is 4.79 Å². The summed E-state index contributed by atoms with van der Waals surface area (Å²) < 4.78 is 6.66. The van der Waals surface area contributed by atoms with Gasteiger partial charge in [0, 0.05) is 29.9 Å². The Morgan fingerprint density at radius 3 is 2.47 bits per heavy atom. The van der Waals surface area contributed by atoms with Gasteiger partial charge in [0.2, 0.25) is 0 Å². The highest BCUT2D eigenvalue weighted by Gasteiger charge is 2.18. The van der Waals surface area contributed by atoms with E-state index in [0.717, 1.165) is 27.3 Å². The van der Waals surface area contributed by atoms with Crippen LogP contribution in [0.5, 0.6) is 0 Å². The monoisotopic (exact) mass is 472 g/mol. The fourth-order valence-corrected chi connectivity index (χ4v) is 5.09.